The molecule has 144 valence electrons. The number of rotatable bonds is 4. The minimum atomic E-state index is -3.87. The van der Waals surface area contributed by atoms with Crippen LogP contribution in [0.15, 0.2) is 71.8 Å². The molecule has 0 saturated heterocycles. The van der Waals surface area contributed by atoms with Crippen molar-refractivity contribution in [3.05, 3.63) is 93.3 Å². The molecule has 28 heavy (non-hydrogen) atoms. The maximum absolute atomic E-state index is 13.4. The van der Waals surface area contributed by atoms with Crippen LogP contribution in [-0.4, -0.2) is 28.8 Å². The summed E-state index contributed by atoms with van der Waals surface area (Å²) < 4.78 is 30.2. The van der Waals surface area contributed by atoms with Crippen molar-refractivity contribution < 1.29 is 13.3 Å². The van der Waals surface area contributed by atoms with E-state index in [4.69, 9.17) is 11.6 Å². The van der Waals surface area contributed by atoms with Gasteiger partial charge in [0.15, 0.2) is 0 Å². The molecule has 3 aromatic rings. The van der Waals surface area contributed by atoms with Crippen molar-refractivity contribution in [1.29, 1.82) is 0 Å². The van der Waals surface area contributed by atoms with Gasteiger partial charge in [-0.05, 0) is 42.0 Å². The molecule has 0 fully saturated rings. The van der Waals surface area contributed by atoms with Gasteiger partial charge in [-0.2, -0.15) is 4.31 Å². The van der Waals surface area contributed by atoms with Crippen LogP contribution in [0.1, 0.15) is 17.3 Å². The normalized spacial score (nSPS) is 17.2. The standard InChI is InChI=1S/C19H16ClN3O4S/c20-15-5-3-14(4-6-15)19-18-2-1-11-21(18)12-13-22(19)28(26,27)17-9-7-16(8-10-17)23(24)25/h1-11,19H,12-13H2/t19-/m1/s1. The van der Waals surface area contributed by atoms with E-state index >= 15 is 0 Å². The zero-order valence-electron chi connectivity index (χ0n) is 14.6. The molecule has 1 aliphatic heterocycles. The highest BCUT2D eigenvalue weighted by atomic mass is 35.5. The fourth-order valence-corrected chi connectivity index (χ4v) is 5.18. The molecule has 0 N–H and O–H groups in total. The van der Waals surface area contributed by atoms with Crippen LogP contribution >= 0.6 is 11.6 Å². The Labute approximate surface area is 167 Å². The number of fused-ring (bicyclic) bond motifs is 1. The molecule has 2 aromatic carbocycles. The number of nitrogens with zero attached hydrogens (tertiary/aromatic N) is 3. The highest BCUT2D eigenvalue weighted by molar-refractivity contribution is 7.89. The van der Waals surface area contributed by atoms with Crippen LogP contribution in [0.3, 0.4) is 0 Å². The molecule has 4 rings (SSSR count). The summed E-state index contributed by atoms with van der Waals surface area (Å²) in [7, 11) is -3.87. The van der Waals surface area contributed by atoms with Gasteiger partial charge >= 0.3 is 0 Å². The molecule has 0 bridgehead atoms. The van der Waals surface area contributed by atoms with Crippen LogP contribution in [-0.2, 0) is 16.6 Å². The molecule has 0 radical (unpaired) electrons. The predicted molar refractivity (Wildman–Crippen MR) is 105 cm³/mol. The fraction of sp³-hybridized carbons (Fsp3) is 0.158. The summed E-state index contributed by atoms with van der Waals surface area (Å²) in [5, 5.41) is 11.4. The predicted octanol–water partition coefficient (Wildman–Crippen LogP) is 3.84. The summed E-state index contributed by atoms with van der Waals surface area (Å²) >= 11 is 6.00. The molecular weight excluding hydrogens is 402 g/mol. The smallest absolute Gasteiger partial charge is 0.269 e. The van der Waals surface area contributed by atoms with Gasteiger partial charge in [0.1, 0.15) is 0 Å². The molecule has 1 aromatic heterocycles. The van der Waals surface area contributed by atoms with Gasteiger partial charge < -0.3 is 4.57 Å². The summed E-state index contributed by atoms with van der Waals surface area (Å²) in [5.41, 5.74) is 1.51. The minimum absolute atomic E-state index is 0.0251. The van der Waals surface area contributed by atoms with Gasteiger partial charge in [0.2, 0.25) is 10.0 Å². The number of benzene rings is 2. The number of hydrogen-bond acceptors (Lipinski definition) is 4. The maximum Gasteiger partial charge on any atom is 0.269 e. The summed E-state index contributed by atoms with van der Waals surface area (Å²) in [4.78, 5) is 10.3. The highest BCUT2D eigenvalue weighted by Gasteiger charge is 2.37. The number of aromatic nitrogens is 1. The first-order chi connectivity index (χ1) is 13.4. The van der Waals surface area contributed by atoms with E-state index in [0.717, 1.165) is 11.3 Å². The highest BCUT2D eigenvalue weighted by Crippen LogP contribution is 2.37. The van der Waals surface area contributed by atoms with Crippen molar-refractivity contribution >= 4 is 27.3 Å². The summed E-state index contributed by atoms with van der Waals surface area (Å²) in [6, 6.07) is 15.3. The monoisotopic (exact) mass is 417 g/mol. The van der Waals surface area contributed by atoms with Crippen LogP contribution < -0.4 is 0 Å². The van der Waals surface area contributed by atoms with E-state index < -0.39 is 21.0 Å². The summed E-state index contributed by atoms with van der Waals surface area (Å²) in [6.45, 7) is 0.812. The van der Waals surface area contributed by atoms with Crippen molar-refractivity contribution in [2.24, 2.45) is 0 Å². The van der Waals surface area contributed by atoms with Crippen LogP contribution in [0.25, 0.3) is 0 Å². The number of halogens is 1. The Morgan fingerprint density at radius 3 is 2.32 bits per heavy atom. The van der Waals surface area contributed by atoms with E-state index in [1.807, 2.05) is 35.0 Å². The van der Waals surface area contributed by atoms with Crippen molar-refractivity contribution in [1.82, 2.24) is 8.87 Å². The lowest BCUT2D eigenvalue weighted by atomic mass is 10.0. The SMILES string of the molecule is O=[N+]([O-])c1ccc(S(=O)(=O)N2CCn3cccc3[C@H]2c2ccc(Cl)cc2)cc1. The zero-order valence-corrected chi connectivity index (χ0v) is 16.2. The number of hydrogen-bond donors (Lipinski definition) is 0. The second kappa shape index (κ2) is 7.05. The van der Waals surface area contributed by atoms with Gasteiger partial charge in [0.05, 0.1) is 15.9 Å². The van der Waals surface area contributed by atoms with Crippen molar-refractivity contribution in [2.45, 2.75) is 17.5 Å². The Balaban J connectivity index is 1.80. The van der Waals surface area contributed by atoms with E-state index in [1.165, 1.54) is 28.6 Å². The molecule has 0 unspecified atom stereocenters. The lowest BCUT2D eigenvalue weighted by Crippen LogP contribution is -2.42. The molecule has 9 heteroatoms. The minimum Gasteiger partial charge on any atom is -0.348 e. The van der Waals surface area contributed by atoms with Crippen molar-refractivity contribution in [2.75, 3.05) is 6.54 Å². The zero-order chi connectivity index (χ0) is 19.9. The van der Waals surface area contributed by atoms with E-state index in [0.29, 0.717) is 11.6 Å². The topological polar surface area (TPSA) is 85.4 Å². The Morgan fingerprint density at radius 2 is 1.68 bits per heavy atom. The Bertz CT molecular complexity index is 1120. The molecular formula is C19H16ClN3O4S. The molecule has 1 aliphatic rings. The fourth-order valence-electron chi connectivity index (χ4n) is 3.48. The van der Waals surface area contributed by atoms with Crippen molar-refractivity contribution in [3.8, 4) is 0 Å². The molecule has 7 nitrogen and oxygen atoms in total. The summed E-state index contributed by atoms with van der Waals surface area (Å²) in [6.07, 6.45) is 1.92. The average molecular weight is 418 g/mol. The lowest BCUT2D eigenvalue weighted by molar-refractivity contribution is -0.384. The lowest BCUT2D eigenvalue weighted by Gasteiger charge is -2.36. The Kier molecular flexibility index (Phi) is 4.70. The Morgan fingerprint density at radius 1 is 1.00 bits per heavy atom. The largest absolute Gasteiger partial charge is 0.348 e. The second-order valence-electron chi connectivity index (χ2n) is 6.45. The van der Waals surface area contributed by atoms with Gasteiger partial charge in [-0.3, -0.25) is 10.1 Å². The molecule has 1 atom stereocenters. The molecule has 0 aliphatic carbocycles. The third-order valence-electron chi connectivity index (χ3n) is 4.83. The van der Waals surface area contributed by atoms with Gasteiger partial charge in [-0.25, -0.2) is 8.42 Å². The third kappa shape index (κ3) is 3.19. The molecule has 0 saturated carbocycles. The summed E-state index contributed by atoms with van der Waals surface area (Å²) in [5.74, 6) is 0. The number of sulfonamides is 1. The second-order valence-corrected chi connectivity index (χ2v) is 8.77. The van der Waals surface area contributed by atoms with Crippen molar-refractivity contribution in [3.63, 3.8) is 0 Å². The van der Waals surface area contributed by atoms with Crippen LogP contribution in [0.2, 0.25) is 5.02 Å². The number of nitro benzene ring substituents is 1. The quantitative estimate of drug-likeness (QED) is 0.476. The van der Waals surface area contributed by atoms with Gasteiger partial charge in [-0.1, -0.05) is 23.7 Å². The van der Waals surface area contributed by atoms with Crippen LogP contribution in [0, 0.1) is 10.1 Å². The van der Waals surface area contributed by atoms with E-state index in [2.05, 4.69) is 0 Å². The Hall–Kier alpha value is -2.68. The maximum atomic E-state index is 13.4. The third-order valence-corrected chi connectivity index (χ3v) is 6.96. The molecule has 0 spiro atoms. The van der Waals surface area contributed by atoms with Gasteiger partial charge in [0.25, 0.3) is 5.69 Å². The first-order valence-corrected chi connectivity index (χ1v) is 10.4. The van der Waals surface area contributed by atoms with Crippen LogP contribution in [0.4, 0.5) is 5.69 Å². The van der Waals surface area contributed by atoms with E-state index in [1.54, 1.807) is 12.1 Å². The van der Waals surface area contributed by atoms with Crippen LogP contribution in [0.5, 0.6) is 0 Å². The van der Waals surface area contributed by atoms with E-state index in [-0.39, 0.29) is 17.1 Å². The first kappa shape index (κ1) is 18.7. The molecule has 2 heterocycles. The number of nitro groups is 1. The first-order valence-electron chi connectivity index (χ1n) is 8.55. The van der Waals surface area contributed by atoms with Gasteiger partial charge in [0, 0.05) is 42.1 Å². The molecule has 0 amide bonds. The van der Waals surface area contributed by atoms with Gasteiger partial charge in [-0.15, -0.1) is 0 Å². The average Bonchev–Trinajstić information content (AvgIpc) is 3.17. The number of non-ortho nitro benzene ring substituents is 1. The van der Waals surface area contributed by atoms with E-state index in [9.17, 15) is 18.5 Å².